The van der Waals surface area contributed by atoms with E-state index in [0.717, 1.165) is 11.1 Å². The third-order valence-corrected chi connectivity index (χ3v) is 2.50. The first-order valence-corrected chi connectivity index (χ1v) is 5.58. The highest BCUT2D eigenvalue weighted by atomic mass is 16.5. The van der Waals surface area contributed by atoms with Crippen LogP contribution in [0.3, 0.4) is 0 Å². The van der Waals surface area contributed by atoms with Crippen LogP contribution in [0, 0.1) is 0 Å². The zero-order chi connectivity index (χ0) is 13.1. The van der Waals surface area contributed by atoms with Gasteiger partial charge in [-0.25, -0.2) is 9.97 Å². The molecule has 3 rings (SSSR count). The molecule has 1 aromatic carbocycles. The van der Waals surface area contributed by atoms with Crippen molar-refractivity contribution < 1.29 is 6.11 Å². The molecule has 2 heterocycles. The van der Waals surface area contributed by atoms with Gasteiger partial charge in [0.25, 0.3) is 0 Å². The molecule has 18 heavy (non-hydrogen) atoms. The molecule has 0 fully saturated rings. The number of aromatic nitrogens is 3. The SMILES string of the molecule is [3H]c1nc2ccccc2nc1OCc1ccncc1. The molecule has 4 heteroatoms. The number of hydrogen-bond acceptors (Lipinski definition) is 4. The second-order valence-electron chi connectivity index (χ2n) is 3.77. The van der Waals surface area contributed by atoms with Crippen molar-refractivity contribution in [3.8, 4) is 5.88 Å². The van der Waals surface area contributed by atoms with Gasteiger partial charge in [0.2, 0.25) is 5.88 Å². The minimum atomic E-state index is 0.0488. The summed E-state index contributed by atoms with van der Waals surface area (Å²) in [5.74, 6) is 0.246. The van der Waals surface area contributed by atoms with Crippen LogP contribution in [0.15, 0.2) is 55.0 Å². The maximum atomic E-state index is 7.81. The highest BCUT2D eigenvalue weighted by Crippen LogP contribution is 2.14. The largest absolute Gasteiger partial charge is 0.472 e. The fourth-order valence-corrected chi connectivity index (χ4v) is 1.59. The topological polar surface area (TPSA) is 47.9 Å². The Kier molecular flexibility index (Phi) is 2.54. The van der Waals surface area contributed by atoms with E-state index < -0.39 is 0 Å². The zero-order valence-corrected chi connectivity index (χ0v) is 9.58. The first-order chi connectivity index (χ1) is 9.33. The fourth-order valence-electron chi connectivity index (χ4n) is 1.59. The van der Waals surface area contributed by atoms with E-state index in [4.69, 9.17) is 6.11 Å². The molecular formula is C14H11N3O. The smallest absolute Gasteiger partial charge is 0.233 e. The lowest BCUT2D eigenvalue weighted by atomic mass is 10.3. The van der Waals surface area contributed by atoms with E-state index in [2.05, 4.69) is 15.0 Å². The predicted molar refractivity (Wildman–Crippen MR) is 68.1 cm³/mol. The lowest BCUT2D eigenvalue weighted by Crippen LogP contribution is -1.98. The highest BCUT2D eigenvalue weighted by molar-refractivity contribution is 5.73. The van der Waals surface area contributed by atoms with Gasteiger partial charge in [0.05, 0.1) is 18.6 Å². The van der Waals surface area contributed by atoms with Gasteiger partial charge >= 0.3 is 0 Å². The molecule has 0 atom stereocenters. The Hall–Kier alpha value is -2.49. The standard InChI is InChI=1S/C14H11N3O/c1-2-4-13-12(3-1)16-9-14(17-13)18-10-11-5-7-15-8-6-11/h1-9H,10H2/i9T. The highest BCUT2D eigenvalue weighted by Gasteiger charge is 2.00. The molecule has 0 bridgehead atoms. The predicted octanol–water partition coefficient (Wildman–Crippen LogP) is 2.60. The van der Waals surface area contributed by atoms with Gasteiger partial charge in [-0.1, -0.05) is 12.1 Å². The van der Waals surface area contributed by atoms with Crippen molar-refractivity contribution in [3.63, 3.8) is 0 Å². The van der Waals surface area contributed by atoms with E-state index in [-0.39, 0.29) is 12.1 Å². The number of ether oxygens (including phenoxy) is 1. The number of pyridine rings is 1. The summed E-state index contributed by atoms with van der Waals surface area (Å²) in [5, 5.41) is 0. The number of benzene rings is 1. The average Bonchev–Trinajstić information content (AvgIpc) is 2.46. The summed E-state index contributed by atoms with van der Waals surface area (Å²) >= 11 is 0. The normalized spacial score (nSPS) is 11.2. The minimum absolute atomic E-state index is 0.0488. The number of rotatable bonds is 3. The molecule has 0 aliphatic heterocycles. The van der Waals surface area contributed by atoms with E-state index in [1.54, 1.807) is 12.4 Å². The van der Waals surface area contributed by atoms with Crippen molar-refractivity contribution in [2.24, 2.45) is 0 Å². The van der Waals surface area contributed by atoms with Gasteiger partial charge in [-0.2, -0.15) is 0 Å². The molecule has 0 aliphatic carbocycles. The van der Waals surface area contributed by atoms with Crippen LogP contribution in [0.1, 0.15) is 6.93 Å². The molecule has 0 N–H and O–H groups in total. The Bertz CT molecular complexity index is 703. The Labute approximate surface area is 106 Å². The molecule has 3 aromatic rings. The number of fused-ring (bicyclic) bond motifs is 1. The quantitative estimate of drug-likeness (QED) is 0.705. The molecule has 88 valence electrons. The van der Waals surface area contributed by atoms with Gasteiger partial charge < -0.3 is 4.74 Å². The summed E-state index contributed by atoms with van der Waals surface area (Å²) < 4.78 is 13.3. The van der Waals surface area contributed by atoms with Gasteiger partial charge in [0, 0.05) is 12.4 Å². The van der Waals surface area contributed by atoms with Crippen LogP contribution in [0.5, 0.6) is 5.88 Å². The third-order valence-electron chi connectivity index (χ3n) is 2.50. The van der Waals surface area contributed by atoms with Crippen LogP contribution in [-0.2, 0) is 6.61 Å². The van der Waals surface area contributed by atoms with Crippen LogP contribution in [0.2, 0.25) is 0 Å². The first-order valence-electron chi connectivity index (χ1n) is 6.08. The Morgan fingerprint density at radius 3 is 2.67 bits per heavy atom. The first kappa shape index (κ1) is 9.53. The summed E-state index contributed by atoms with van der Waals surface area (Å²) in [5.41, 5.74) is 2.40. The third kappa shape index (κ3) is 2.27. The van der Waals surface area contributed by atoms with E-state index in [1.807, 2.05) is 36.4 Å². The molecule has 0 spiro atoms. The van der Waals surface area contributed by atoms with Crippen LogP contribution >= 0.6 is 0 Å². The van der Waals surface area contributed by atoms with E-state index in [1.165, 1.54) is 0 Å². The molecule has 0 unspecified atom stereocenters. The van der Waals surface area contributed by atoms with Crippen LogP contribution in [0.25, 0.3) is 11.0 Å². The van der Waals surface area contributed by atoms with E-state index >= 15 is 0 Å². The maximum Gasteiger partial charge on any atom is 0.233 e. The van der Waals surface area contributed by atoms with Gasteiger partial charge in [-0.3, -0.25) is 4.98 Å². The second-order valence-corrected chi connectivity index (χ2v) is 3.77. The summed E-state index contributed by atoms with van der Waals surface area (Å²) in [6.07, 6.45) is 3.45. The molecule has 0 aliphatic rings. The Morgan fingerprint density at radius 2 is 1.83 bits per heavy atom. The molecule has 0 radical (unpaired) electrons. The average molecular weight is 239 g/mol. The summed E-state index contributed by atoms with van der Waals surface area (Å²) in [7, 11) is 0. The summed E-state index contributed by atoms with van der Waals surface area (Å²) in [6, 6.07) is 11.1. The van der Waals surface area contributed by atoms with Crippen molar-refractivity contribution >= 4 is 11.0 Å². The Morgan fingerprint density at radius 1 is 1.06 bits per heavy atom. The molecular weight excluding hydrogens is 226 g/mol. The lowest BCUT2D eigenvalue weighted by Gasteiger charge is -2.05. The van der Waals surface area contributed by atoms with Gasteiger partial charge in [-0.15, -0.1) is 0 Å². The zero-order valence-electron chi connectivity index (χ0n) is 10.6. The van der Waals surface area contributed by atoms with Crippen LogP contribution < -0.4 is 4.74 Å². The van der Waals surface area contributed by atoms with E-state index in [0.29, 0.717) is 12.1 Å². The number of para-hydroxylation sites is 2. The fraction of sp³-hybridized carbons (Fsp3) is 0.0714. The van der Waals surface area contributed by atoms with Gasteiger partial charge in [0.15, 0.2) is 0 Å². The van der Waals surface area contributed by atoms with Crippen LogP contribution in [0.4, 0.5) is 0 Å². The van der Waals surface area contributed by atoms with Gasteiger partial charge in [-0.05, 0) is 29.8 Å². The molecule has 0 amide bonds. The van der Waals surface area contributed by atoms with Crippen molar-refractivity contribution in [2.75, 3.05) is 0 Å². The number of nitrogens with zero attached hydrogens (tertiary/aromatic N) is 3. The Balaban J connectivity index is 1.86. The molecule has 0 saturated heterocycles. The van der Waals surface area contributed by atoms with Crippen LogP contribution in [-0.4, -0.2) is 15.0 Å². The summed E-state index contributed by atoms with van der Waals surface area (Å²) in [4.78, 5) is 12.4. The minimum Gasteiger partial charge on any atom is -0.472 e. The second kappa shape index (κ2) is 4.79. The molecule has 2 aromatic heterocycles. The maximum absolute atomic E-state index is 7.81. The van der Waals surface area contributed by atoms with Crippen molar-refractivity contribution in [1.29, 1.82) is 0 Å². The molecule has 4 nitrogen and oxygen atoms in total. The van der Waals surface area contributed by atoms with E-state index in [9.17, 15) is 0 Å². The number of hydrogen-bond donors (Lipinski definition) is 0. The monoisotopic (exact) mass is 239 g/mol. The van der Waals surface area contributed by atoms with Crippen molar-refractivity contribution in [3.05, 3.63) is 60.5 Å². The van der Waals surface area contributed by atoms with Gasteiger partial charge in [0.1, 0.15) is 6.61 Å². The summed E-state index contributed by atoms with van der Waals surface area (Å²) in [6.45, 7) is 0.349. The van der Waals surface area contributed by atoms with Crippen molar-refractivity contribution in [1.82, 2.24) is 15.0 Å². The van der Waals surface area contributed by atoms with Crippen molar-refractivity contribution in [2.45, 2.75) is 6.61 Å². The molecule has 0 saturated carbocycles. The lowest BCUT2D eigenvalue weighted by molar-refractivity contribution is 0.293.